The van der Waals surface area contributed by atoms with Gasteiger partial charge in [0, 0.05) is 38.3 Å². The first-order valence-corrected chi connectivity index (χ1v) is 10.6. The van der Waals surface area contributed by atoms with E-state index < -0.39 is 0 Å². The molecule has 2 aliphatic heterocycles. The zero-order valence-electron chi connectivity index (χ0n) is 17.1. The van der Waals surface area contributed by atoms with Crippen molar-refractivity contribution in [2.24, 2.45) is 10.9 Å². The summed E-state index contributed by atoms with van der Waals surface area (Å²) in [5, 5.41) is 7.08. The average molecular weight is 352 g/mol. The second kappa shape index (κ2) is 11.0. The summed E-state index contributed by atoms with van der Waals surface area (Å²) >= 11 is 0. The summed E-state index contributed by atoms with van der Waals surface area (Å²) < 4.78 is 0. The van der Waals surface area contributed by atoms with Crippen molar-refractivity contribution >= 4 is 5.96 Å². The second-order valence-corrected chi connectivity index (χ2v) is 8.19. The van der Waals surface area contributed by atoms with Gasteiger partial charge in [-0.25, -0.2) is 0 Å². The van der Waals surface area contributed by atoms with Gasteiger partial charge in [0.1, 0.15) is 0 Å². The van der Waals surface area contributed by atoms with E-state index in [1.165, 1.54) is 58.4 Å². The smallest absolute Gasteiger partial charge is 0.191 e. The molecule has 0 amide bonds. The molecule has 5 nitrogen and oxygen atoms in total. The van der Waals surface area contributed by atoms with E-state index in [0.717, 1.165) is 31.4 Å². The lowest BCUT2D eigenvalue weighted by atomic mass is 9.99. The number of piperidine rings is 2. The molecule has 0 saturated carbocycles. The molecule has 146 valence electrons. The van der Waals surface area contributed by atoms with Gasteiger partial charge in [-0.05, 0) is 78.4 Å². The monoisotopic (exact) mass is 351 g/mol. The molecule has 5 heteroatoms. The molecule has 0 aromatic carbocycles. The maximum Gasteiger partial charge on any atom is 0.191 e. The minimum absolute atomic E-state index is 0.566. The SMILES string of the molecule is CCNC(=NCCCN1CCC(C)CC1)NC1CCN(C(C)C)CC1. The molecule has 0 spiro atoms. The molecule has 2 fully saturated rings. The lowest BCUT2D eigenvalue weighted by Crippen LogP contribution is -2.49. The molecule has 2 rings (SSSR count). The molecule has 2 saturated heterocycles. The van der Waals surface area contributed by atoms with Gasteiger partial charge in [0.2, 0.25) is 0 Å². The molecule has 0 unspecified atom stereocenters. The largest absolute Gasteiger partial charge is 0.357 e. The van der Waals surface area contributed by atoms with E-state index in [1.807, 2.05) is 0 Å². The van der Waals surface area contributed by atoms with Gasteiger partial charge in [0.25, 0.3) is 0 Å². The number of nitrogens with one attached hydrogen (secondary N) is 2. The van der Waals surface area contributed by atoms with Gasteiger partial charge in [0.15, 0.2) is 5.96 Å². The molecule has 0 aromatic heterocycles. The van der Waals surface area contributed by atoms with Crippen LogP contribution in [-0.4, -0.2) is 73.7 Å². The van der Waals surface area contributed by atoms with Crippen molar-refractivity contribution in [1.82, 2.24) is 20.4 Å². The number of hydrogen-bond acceptors (Lipinski definition) is 3. The van der Waals surface area contributed by atoms with Gasteiger partial charge in [-0.15, -0.1) is 0 Å². The van der Waals surface area contributed by atoms with Crippen LogP contribution in [0, 0.1) is 5.92 Å². The molecular weight excluding hydrogens is 310 g/mol. The van der Waals surface area contributed by atoms with Gasteiger partial charge in [-0.1, -0.05) is 6.92 Å². The average Bonchev–Trinajstić information content (AvgIpc) is 2.61. The van der Waals surface area contributed by atoms with Crippen molar-refractivity contribution in [3.05, 3.63) is 0 Å². The highest BCUT2D eigenvalue weighted by Gasteiger charge is 2.21. The first kappa shape index (κ1) is 20.5. The van der Waals surface area contributed by atoms with E-state index in [9.17, 15) is 0 Å². The van der Waals surface area contributed by atoms with Gasteiger partial charge in [-0.3, -0.25) is 4.99 Å². The highest BCUT2D eigenvalue weighted by molar-refractivity contribution is 5.80. The molecule has 2 aliphatic rings. The zero-order valence-corrected chi connectivity index (χ0v) is 17.1. The third kappa shape index (κ3) is 7.53. The topological polar surface area (TPSA) is 42.9 Å². The van der Waals surface area contributed by atoms with E-state index in [-0.39, 0.29) is 0 Å². The summed E-state index contributed by atoms with van der Waals surface area (Å²) in [7, 11) is 0. The lowest BCUT2D eigenvalue weighted by Gasteiger charge is -2.35. The summed E-state index contributed by atoms with van der Waals surface area (Å²) in [4.78, 5) is 9.99. The summed E-state index contributed by atoms with van der Waals surface area (Å²) in [6, 6.07) is 1.23. The van der Waals surface area contributed by atoms with Crippen molar-refractivity contribution in [1.29, 1.82) is 0 Å². The molecule has 2 heterocycles. The molecule has 0 aliphatic carbocycles. The Kier molecular flexibility index (Phi) is 9.04. The molecule has 0 atom stereocenters. The summed E-state index contributed by atoms with van der Waals surface area (Å²) in [6.45, 7) is 17.1. The predicted octanol–water partition coefficient (Wildman–Crippen LogP) is 2.54. The van der Waals surface area contributed by atoms with Crippen LogP contribution in [0.5, 0.6) is 0 Å². The van der Waals surface area contributed by atoms with E-state index >= 15 is 0 Å². The van der Waals surface area contributed by atoms with E-state index in [4.69, 9.17) is 4.99 Å². The maximum atomic E-state index is 4.82. The third-order valence-electron chi connectivity index (χ3n) is 5.72. The Morgan fingerprint density at radius 1 is 1.08 bits per heavy atom. The van der Waals surface area contributed by atoms with Crippen LogP contribution in [0.15, 0.2) is 4.99 Å². The van der Waals surface area contributed by atoms with Crippen LogP contribution in [0.3, 0.4) is 0 Å². The molecule has 0 radical (unpaired) electrons. The fraction of sp³-hybridized carbons (Fsp3) is 0.950. The fourth-order valence-electron chi connectivity index (χ4n) is 3.84. The van der Waals surface area contributed by atoms with Crippen LogP contribution >= 0.6 is 0 Å². The van der Waals surface area contributed by atoms with Crippen molar-refractivity contribution < 1.29 is 0 Å². The fourth-order valence-corrected chi connectivity index (χ4v) is 3.84. The number of guanidine groups is 1. The van der Waals surface area contributed by atoms with Crippen molar-refractivity contribution in [3.63, 3.8) is 0 Å². The van der Waals surface area contributed by atoms with Gasteiger partial charge in [0.05, 0.1) is 0 Å². The van der Waals surface area contributed by atoms with Gasteiger partial charge in [-0.2, -0.15) is 0 Å². The number of hydrogen-bond donors (Lipinski definition) is 2. The molecule has 25 heavy (non-hydrogen) atoms. The molecular formula is C20H41N5. The van der Waals surface area contributed by atoms with Crippen molar-refractivity contribution in [2.75, 3.05) is 45.8 Å². The van der Waals surface area contributed by atoms with Crippen LogP contribution in [0.1, 0.15) is 59.8 Å². The Morgan fingerprint density at radius 3 is 2.36 bits per heavy atom. The standard InChI is InChI=1S/C20H41N5/c1-5-21-20(23-19-9-15-25(16-10-19)17(2)3)22-11-6-12-24-13-7-18(4)8-14-24/h17-19H,5-16H2,1-4H3,(H2,21,22,23). The summed E-state index contributed by atoms with van der Waals surface area (Å²) in [5.74, 6) is 1.93. The Balaban J connectivity index is 1.67. The lowest BCUT2D eigenvalue weighted by molar-refractivity contribution is 0.167. The number of rotatable bonds is 7. The highest BCUT2D eigenvalue weighted by atomic mass is 15.2. The van der Waals surface area contributed by atoms with Crippen molar-refractivity contribution in [2.45, 2.75) is 71.9 Å². The first-order chi connectivity index (χ1) is 12.1. The Hall–Kier alpha value is -0.810. The Morgan fingerprint density at radius 2 is 1.76 bits per heavy atom. The predicted molar refractivity (Wildman–Crippen MR) is 108 cm³/mol. The summed E-state index contributed by atoms with van der Waals surface area (Å²) in [6.07, 6.45) is 6.32. The van der Waals surface area contributed by atoms with Crippen molar-refractivity contribution in [3.8, 4) is 0 Å². The van der Waals surface area contributed by atoms with Crippen LogP contribution in [0.2, 0.25) is 0 Å². The number of nitrogens with zero attached hydrogens (tertiary/aromatic N) is 3. The van der Waals surface area contributed by atoms with Crippen LogP contribution in [-0.2, 0) is 0 Å². The van der Waals surface area contributed by atoms with Crippen LogP contribution in [0.4, 0.5) is 0 Å². The Bertz CT molecular complexity index is 380. The second-order valence-electron chi connectivity index (χ2n) is 8.19. The van der Waals surface area contributed by atoms with E-state index in [1.54, 1.807) is 0 Å². The highest BCUT2D eigenvalue weighted by Crippen LogP contribution is 2.16. The van der Waals surface area contributed by atoms with Gasteiger partial charge >= 0.3 is 0 Å². The quantitative estimate of drug-likeness (QED) is 0.420. The van der Waals surface area contributed by atoms with E-state index in [0.29, 0.717) is 12.1 Å². The Labute approximate surface area is 155 Å². The summed E-state index contributed by atoms with van der Waals surface area (Å²) in [5.41, 5.74) is 0. The number of likely N-dealkylation sites (tertiary alicyclic amines) is 2. The van der Waals surface area contributed by atoms with Crippen LogP contribution in [0.25, 0.3) is 0 Å². The molecule has 2 N–H and O–H groups in total. The normalized spacial score (nSPS) is 22.5. The van der Waals surface area contributed by atoms with Gasteiger partial charge < -0.3 is 20.4 Å². The third-order valence-corrected chi connectivity index (χ3v) is 5.72. The minimum Gasteiger partial charge on any atom is -0.357 e. The maximum absolute atomic E-state index is 4.82. The minimum atomic E-state index is 0.566. The van der Waals surface area contributed by atoms with E-state index in [2.05, 4.69) is 48.1 Å². The molecule has 0 bridgehead atoms. The zero-order chi connectivity index (χ0) is 18.1. The first-order valence-electron chi connectivity index (χ1n) is 10.6. The number of aliphatic imine (C=N–C) groups is 1. The van der Waals surface area contributed by atoms with Crippen LogP contribution < -0.4 is 10.6 Å². The molecule has 0 aromatic rings.